The molecule has 1 amide bonds. The zero-order valence-electron chi connectivity index (χ0n) is 9.52. The Kier molecular flexibility index (Phi) is 4.06. The van der Waals surface area contributed by atoms with E-state index in [0.717, 1.165) is 0 Å². The van der Waals surface area contributed by atoms with Gasteiger partial charge in [-0.1, -0.05) is 0 Å². The van der Waals surface area contributed by atoms with Gasteiger partial charge in [0.05, 0.1) is 20.8 Å². The lowest BCUT2D eigenvalue weighted by atomic mass is 10.2. The molecule has 1 aromatic carbocycles. The average molecular weight is 387 g/mol. The first-order chi connectivity index (χ1) is 8.97. The molecule has 0 aliphatic heterocycles. The molecule has 7 heteroatoms. The molecule has 1 aromatic heterocycles. The minimum atomic E-state index is -0.374. The van der Waals surface area contributed by atoms with Crippen molar-refractivity contribution in [2.45, 2.75) is 0 Å². The Balaban J connectivity index is 2.23. The van der Waals surface area contributed by atoms with Crippen LogP contribution in [0.25, 0.3) is 0 Å². The summed E-state index contributed by atoms with van der Waals surface area (Å²) in [5, 5.41) is 12.2. The van der Waals surface area contributed by atoms with Crippen molar-refractivity contribution in [1.29, 1.82) is 0 Å². The molecule has 0 fully saturated rings. The summed E-state index contributed by atoms with van der Waals surface area (Å²) in [6, 6.07) is 6.19. The number of halogens is 2. The van der Waals surface area contributed by atoms with E-state index in [1.165, 1.54) is 12.3 Å². The van der Waals surface area contributed by atoms with Gasteiger partial charge in [0.2, 0.25) is 0 Å². The number of hydrogen-bond acceptors (Lipinski definition) is 4. The van der Waals surface area contributed by atoms with Crippen LogP contribution in [0.4, 0.5) is 11.5 Å². The number of carbonyl (C=O) groups is 1. The van der Waals surface area contributed by atoms with Crippen LogP contribution in [0.3, 0.4) is 0 Å². The van der Waals surface area contributed by atoms with Gasteiger partial charge < -0.3 is 16.2 Å². The standard InChI is InChI=1S/C12H9Br2N3O2/c13-8-2-1-6(3-10(8)18)12(19)17-11-9(14)4-7(15)5-16-11/h1-5,18H,15H2,(H,16,17,19). The number of carbonyl (C=O) groups excluding carboxylic acids is 1. The lowest BCUT2D eigenvalue weighted by Gasteiger charge is -2.07. The summed E-state index contributed by atoms with van der Waals surface area (Å²) in [4.78, 5) is 16.0. The van der Waals surface area contributed by atoms with Gasteiger partial charge in [-0.3, -0.25) is 4.79 Å². The Labute approximate surface area is 126 Å². The molecule has 0 bridgehead atoms. The second kappa shape index (κ2) is 5.58. The predicted molar refractivity (Wildman–Crippen MR) is 80.1 cm³/mol. The van der Waals surface area contributed by atoms with E-state index in [1.54, 1.807) is 18.2 Å². The number of rotatable bonds is 2. The first kappa shape index (κ1) is 13.8. The Morgan fingerprint density at radius 2 is 2.00 bits per heavy atom. The molecule has 5 nitrogen and oxygen atoms in total. The summed E-state index contributed by atoms with van der Waals surface area (Å²) in [6.45, 7) is 0. The average Bonchev–Trinajstić information content (AvgIpc) is 2.36. The van der Waals surface area contributed by atoms with E-state index in [-0.39, 0.29) is 11.7 Å². The van der Waals surface area contributed by atoms with Gasteiger partial charge in [-0.15, -0.1) is 0 Å². The van der Waals surface area contributed by atoms with Crippen LogP contribution in [-0.4, -0.2) is 16.0 Å². The molecule has 0 aliphatic rings. The second-order valence-corrected chi connectivity index (χ2v) is 5.43. The third kappa shape index (κ3) is 3.24. The number of phenols is 1. The molecule has 98 valence electrons. The zero-order valence-corrected chi connectivity index (χ0v) is 12.7. The number of aromatic nitrogens is 1. The van der Waals surface area contributed by atoms with Crippen LogP contribution in [0.15, 0.2) is 39.4 Å². The molecule has 0 saturated carbocycles. The van der Waals surface area contributed by atoms with Crippen molar-refractivity contribution in [2.24, 2.45) is 0 Å². The summed E-state index contributed by atoms with van der Waals surface area (Å²) in [5.41, 5.74) is 6.38. The maximum Gasteiger partial charge on any atom is 0.256 e. The van der Waals surface area contributed by atoms with E-state index >= 15 is 0 Å². The predicted octanol–water partition coefficient (Wildman–Crippen LogP) is 3.15. The Hall–Kier alpha value is -1.60. The van der Waals surface area contributed by atoms with E-state index in [0.29, 0.717) is 26.0 Å². The van der Waals surface area contributed by atoms with Crippen molar-refractivity contribution in [3.05, 3.63) is 45.0 Å². The molecule has 0 radical (unpaired) electrons. The van der Waals surface area contributed by atoms with Crippen molar-refractivity contribution < 1.29 is 9.90 Å². The largest absolute Gasteiger partial charge is 0.507 e. The normalized spacial score (nSPS) is 10.2. The van der Waals surface area contributed by atoms with Crippen LogP contribution in [-0.2, 0) is 0 Å². The lowest BCUT2D eigenvalue weighted by molar-refractivity contribution is 0.102. The maximum absolute atomic E-state index is 12.0. The summed E-state index contributed by atoms with van der Waals surface area (Å²) in [6.07, 6.45) is 1.44. The summed E-state index contributed by atoms with van der Waals surface area (Å²) >= 11 is 6.41. The fourth-order valence-electron chi connectivity index (χ4n) is 1.38. The second-order valence-electron chi connectivity index (χ2n) is 3.72. The number of pyridine rings is 1. The summed E-state index contributed by atoms with van der Waals surface area (Å²) in [5.74, 6) is -0.0145. The van der Waals surface area contributed by atoms with Crippen molar-refractivity contribution in [3.8, 4) is 5.75 Å². The number of anilines is 2. The quantitative estimate of drug-likeness (QED) is 0.739. The number of nitrogens with zero attached hydrogens (tertiary/aromatic N) is 1. The number of aromatic hydroxyl groups is 1. The Morgan fingerprint density at radius 3 is 2.63 bits per heavy atom. The van der Waals surface area contributed by atoms with Gasteiger partial charge in [0.25, 0.3) is 5.91 Å². The van der Waals surface area contributed by atoms with Crippen LogP contribution in [0, 0.1) is 0 Å². The molecule has 2 rings (SSSR count). The Bertz CT molecular complexity index is 647. The zero-order chi connectivity index (χ0) is 14.0. The van der Waals surface area contributed by atoms with Crippen LogP contribution in [0.2, 0.25) is 0 Å². The van der Waals surface area contributed by atoms with Crippen LogP contribution < -0.4 is 11.1 Å². The van der Waals surface area contributed by atoms with E-state index in [2.05, 4.69) is 42.2 Å². The van der Waals surface area contributed by atoms with E-state index < -0.39 is 0 Å². The number of amides is 1. The number of phenolic OH excluding ortho intramolecular Hbond substituents is 1. The van der Waals surface area contributed by atoms with Gasteiger partial charge in [0.1, 0.15) is 11.6 Å². The van der Waals surface area contributed by atoms with Gasteiger partial charge in [-0.25, -0.2) is 4.98 Å². The molecule has 0 aliphatic carbocycles. The highest BCUT2D eigenvalue weighted by atomic mass is 79.9. The number of nitrogens with two attached hydrogens (primary N) is 1. The monoisotopic (exact) mass is 385 g/mol. The molecule has 0 atom stereocenters. The molecule has 19 heavy (non-hydrogen) atoms. The number of nitrogens with one attached hydrogen (secondary N) is 1. The fraction of sp³-hybridized carbons (Fsp3) is 0. The third-order valence-corrected chi connectivity index (χ3v) is 3.58. The van der Waals surface area contributed by atoms with Crippen molar-refractivity contribution in [3.63, 3.8) is 0 Å². The van der Waals surface area contributed by atoms with E-state index in [4.69, 9.17) is 5.73 Å². The highest BCUT2D eigenvalue weighted by Crippen LogP contribution is 2.26. The fourth-order valence-corrected chi connectivity index (χ4v) is 2.09. The van der Waals surface area contributed by atoms with Crippen LogP contribution in [0.5, 0.6) is 5.75 Å². The molecule has 0 saturated heterocycles. The SMILES string of the molecule is Nc1cnc(NC(=O)c2ccc(Br)c(O)c2)c(Br)c1. The Morgan fingerprint density at radius 1 is 1.26 bits per heavy atom. The molecule has 0 spiro atoms. The summed E-state index contributed by atoms with van der Waals surface area (Å²) < 4.78 is 1.11. The number of benzene rings is 1. The van der Waals surface area contributed by atoms with Gasteiger partial charge in [-0.05, 0) is 56.1 Å². The molecular weight excluding hydrogens is 378 g/mol. The number of nitrogen functional groups attached to an aromatic ring is 1. The summed E-state index contributed by atoms with van der Waals surface area (Å²) in [7, 11) is 0. The smallest absolute Gasteiger partial charge is 0.256 e. The molecule has 4 N–H and O–H groups in total. The molecule has 1 heterocycles. The van der Waals surface area contributed by atoms with Crippen molar-refractivity contribution >= 4 is 49.3 Å². The molecular formula is C12H9Br2N3O2. The van der Waals surface area contributed by atoms with Crippen LogP contribution >= 0.6 is 31.9 Å². The van der Waals surface area contributed by atoms with Gasteiger partial charge in [-0.2, -0.15) is 0 Å². The van der Waals surface area contributed by atoms with Gasteiger partial charge >= 0.3 is 0 Å². The number of hydrogen-bond donors (Lipinski definition) is 3. The van der Waals surface area contributed by atoms with E-state index in [9.17, 15) is 9.90 Å². The first-order valence-electron chi connectivity index (χ1n) is 5.18. The highest BCUT2D eigenvalue weighted by Gasteiger charge is 2.11. The minimum Gasteiger partial charge on any atom is -0.507 e. The van der Waals surface area contributed by atoms with Gasteiger partial charge in [0, 0.05) is 5.56 Å². The lowest BCUT2D eigenvalue weighted by Crippen LogP contribution is -2.13. The molecule has 2 aromatic rings. The van der Waals surface area contributed by atoms with E-state index in [1.807, 2.05) is 0 Å². The molecule has 0 unspecified atom stereocenters. The van der Waals surface area contributed by atoms with Crippen molar-refractivity contribution in [1.82, 2.24) is 4.98 Å². The van der Waals surface area contributed by atoms with Crippen molar-refractivity contribution in [2.75, 3.05) is 11.1 Å². The topological polar surface area (TPSA) is 88.2 Å². The highest BCUT2D eigenvalue weighted by molar-refractivity contribution is 9.11. The first-order valence-corrected chi connectivity index (χ1v) is 6.77. The minimum absolute atomic E-state index is 0.00280. The maximum atomic E-state index is 12.0. The van der Waals surface area contributed by atoms with Gasteiger partial charge in [0.15, 0.2) is 0 Å². The van der Waals surface area contributed by atoms with Crippen LogP contribution in [0.1, 0.15) is 10.4 Å². The third-order valence-electron chi connectivity index (χ3n) is 2.30.